The van der Waals surface area contributed by atoms with E-state index in [2.05, 4.69) is 48.0 Å². The summed E-state index contributed by atoms with van der Waals surface area (Å²) in [4.78, 5) is 16.6. The Kier molecular flexibility index (Phi) is 8.35. The van der Waals surface area contributed by atoms with Crippen molar-refractivity contribution in [3.63, 3.8) is 0 Å². The molecule has 0 spiro atoms. The molecule has 0 radical (unpaired) electrons. The molecule has 3 rings (SSSR count). The summed E-state index contributed by atoms with van der Waals surface area (Å²) in [5.74, 6) is 0.903. The molecule has 0 fully saturated rings. The Morgan fingerprint density at radius 3 is 2.56 bits per heavy atom. The number of amides is 1. The summed E-state index contributed by atoms with van der Waals surface area (Å²) in [6.45, 7) is 3.21. The van der Waals surface area contributed by atoms with E-state index in [0.717, 1.165) is 0 Å². The van der Waals surface area contributed by atoms with Crippen LogP contribution in [0.2, 0.25) is 0 Å². The van der Waals surface area contributed by atoms with Gasteiger partial charge in [-0.1, -0.05) is 0 Å². The number of hydrogen-bond acceptors (Lipinski definition) is 9. The molecule has 1 aromatic heterocycles. The number of carbonyl (C=O) groups is 1. The summed E-state index contributed by atoms with van der Waals surface area (Å²) in [6.07, 6.45) is -0.841. The molecule has 12 heteroatoms. The SMILES string of the molecule is COCc1c(Br)c(C)nc(OCC2=NN(C(C)=O)[C@H](c3cc(Br)c(OC)c(OC)c3)O2)c1C#N. The highest BCUT2D eigenvalue weighted by Crippen LogP contribution is 2.40. The lowest BCUT2D eigenvalue weighted by molar-refractivity contribution is -0.135. The average molecular weight is 598 g/mol. The van der Waals surface area contributed by atoms with Crippen LogP contribution in [-0.2, 0) is 20.9 Å². The Balaban J connectivity index is 1.88. The van der Waals surface area contributed by atoms with Crippen molar-refractivity contribution in [1.82, 2.24) is 9.99 Å². The first-order valence-electron chi connectivity index (χ1n) is 9.91. The van der Waals surface area contributed by atoms with Crippen molar-refractivity contribution in [2.24, 2.45) is 5.10 Å². The molecule has 0 aliphatic carbocycles. The molecule has 2 aromatic rings. The predicted molar refractivity (Wildman–Crippen MR) is 129 cm³/mol. The molecule has 0 bridgehead atoms. The molecule has 1 atom stereocenters. The second-order valence-corrected chi connectivity index (χ2v) is 8.72. The van der Waals surface area contributed by atoms with Crippen LogP contribution in [0.5, 0.6) is 17.4 Å². The molecule has 0 N–H and O–H groups in total. The molecule has 1 aromatic carbocycles. The zero-order valence-corrected chi connectivity index (χ0v) is 22.3. The van der Waals surface area contributed by atoms with Crippen molar-refractivity contribution in [3.05, 3.63) is 43.5 Å². The molecule has 0 unspecified atom stereocenters. The van der Waals surface area contributed by atoms with Crippen LogP contribution in [0.1, 0.15) is 35.5 Å². The van der Waals surface area contributed by atoms with Gasteiger partial charge in [-0.2, -0.15) is 10.3 Å². The zero-order chi connectivity index (χ0) is 25.0. The maximum absolute atomic E-state index is 12.3. The molecule has 1 aliphatic rings. The topological polar surface area (TPSA) is 116 Å². The van der Waals surface area contributed by atoms with E-state index in [0.29, 0.717) is 37.3 Å². The minimum absolute atomic E-state index is 0.119. The van der Waals surface area contributed by atoms with Gasteiger partial charge in [-0.05, 0) is 50.9 Å². The first kappa shape index (κ1) is 25.7. The van der Waals surface area contributed by atoms with E-state index >= 15 is 0 Å². The van der Waals surface area contributed by atoms with Crippen LogP contribution in [0.4, 0.5) is 0 Å². The van der Waals surface area contributed by atoms with Crippen LogP contribution in [0, 0.1) is 18.3 Å². The third-order valence-corrected chi connectivity index (χ3v) is 6.49. The van der Waals surface area contributed by atoms with Gasteiger partial charge in [0.25, 0.3) is 0 Å². The van der Waals surface area contributed by atoms with Crippen LogP contribution in [0.15, 0.2) is 26.2 Å². The number of rotatable bonds is 8. The zero-order valence-electron chi connectivity index (χ0n) is 19.1. The molecule has 1 aliphatic heterocycles. The van der Waals surface area contributed by atoms with Gasteiger partial charge in [0.05, 0.1) is 31.0 Å². The summed E-state index contributed by atoms with van der Waals surface area (Å²) in [6, 6.07) is 5.57. The molecule has 34 heavy (non-hydrogen) atoms. The van der Waals surface area contributed by atoms with E-state index in [1.807, 2.05) is 0 Å². The molecule has 2 heterocycles. The van der Waals surface area contributed by atoms with E-state index in [1.165, 1.54) is 33.3 Å². The summed E-state index contributed by atoms with van der Waals surface area (Å²) < 4.78 is 29.0. The Labute approximate surface area is 213 Å². The lowest BCUT2D eigenvalue weighted by Gasteiger charge is -2.21. The van der Waals surface area contributed by atoms with Crippen molar-refractivity contribution in [1.29, 1.82) is 5.26 Å². The van der Waals surface area contributed by atoms with Gasteiger partial charge in [-0.15, -0.1) is 5.10 Å². The quantitative estimate of drug-likeness (QED) is 0.444. The number of aromatic nitrogens is 1. The van der Waals surface area contributed by atoms with Crippen LogP contribution in [0.25, 0.3) is 0 Å². The van der Waals surface area contributed by atoms with E-state index in [1.54, 1.807) is 19.1 Å². The van der Waals surface area contributed by atoms with E-state index in [4.69, 9.17) is 23.7 Å². The van der Waals surface area contributed by atoms with Crippen LogP contribution in [-0.4, -0.2) is 49.7 Å². The largest absolute Gasteiger partial charge is 0.493 e. The van der Waals surface area contributed by atoms with Gasteiger partial charge in [-0.25, -0.2) is 4.98 Å². The molecule has 0 saturated heterocycles. The van der Waals surface area contributed by atoms with Crippen molar-refractivity contribution in [2.75, 3.05) is 27.9 Å². The maximum atomic E-state index is 12.3. The highest BCUT2D eigenvalue weighted by Gasteiger charge is 2.34. The van der Waals surface area contributed by atoms with Crippen molar-refractivity contribution >= 4 is 43.7 Å². The van der Waals surface area contributed by atoms with E-state index in [-0.39, 0.29) is 36.5 Å². The van der Waals surface area contributed by atoms with Crippen molar-refractivity contribution in [3.8, 4) is 23.4 Å². The molecular formula is C22H22Br2N4O6. The number of benzene rings is 1. The Bertz CT molecular complexity index is 1180. The number of aryl methyl sites for hydroxylation is 1. The second kappa shape index (κ2) is 11.0. The summed E-state index contributed by atoms with van der Waals surface area (Å²) in [7, 11) is 4.58. The third-order valence-electron chi connectivity index (χ3n) is 4.85. The standard InChI is InChI=1S/C22H22Br2N4O6/c1-11-19(24)15(9-30-3)14(8-25)21(26-11)33-10-18-27-28(12(2)29)22(34-18)13-6-16(23)20(32-5)17(7-13)31-4/h6-7,22H,9-10H2,1-5H3/t22-/m0/s1. The maximum Gasteiger partial charge on any atom is 0.247 e. The number of nitrogens with zero attached hydrogens (tertiary/aromatic N) is 4. The summed E-state index contributed by atoms with van der Waals surface area (Å²) in [5.41, 5.74) is 2.10. The summed E-state index contributed by atoms with van der Waals surface area (Å²) >= 11 is 6.89. The number of halogens is 2. The Morgan fingerprint density at radius 2 is 1.97 bits per heavy atom. The lowest BCUT2D eigenvalue weighted by atomic mass is 10.1. The minimum atomic E-state index is -0.841. The van der Waals surface area contributed by atoms with Crippen molar-refractivity contribution in [2.45, 2.75) is 26.7 Å². The van der Waals surface area contributed by atoms with Gasteiger partial charge < -0.3 is 23.7 Å². The first-order valence-corrected chi connectivity index (χ1v) is 11.5. The van der Waals surface area contributed by atoms with E-state index < -0.39 is 6.23 Å². The number of nitriles is 1. The Morgan fingerprint density at radius 1 is 1.24 bits per heavy atom. The number of pyridine rings is 1. The van der Waals surface area contributed by atoms with Crippen LogP contribution in [0.3, 0.4) is 0 Å². The number of ether oxygens (including phenoxy) is 5. The van der Waals surface area contributed by atoms with Gasteiger partial charge >= 0.3 is 0 Å². The second-order valence-electron chi connectivity index (χ2n) is 7.07. The highest BCUT2D eigenvalue weighted by atomic mass is 79.9. The normalized spacial score (nSPS) is 14.8. The molecule has 1 amide bonds. The number of carbonyl (C=O) groups excluding carboxylic acids is 1. The highest BCUT2D eigenvalue weighted by molar-refractivity contribution is 9.10. The van der Waals surface area contributed by atoms with Gasteiger partial charge in [0, 0.05) is 29.6 Å². The lowest BCUT2D eigenvalue weighted by Crippen LogP contribution is -2.25. The molecule has 10 nitrogen and oxygen atoms in total. The van der Waals surface area contributed by atoms with Gasteiger partial charge in [0.2, 0.25) is 23.9 Å². The van der Waals surface area contributed by atoms with Gasteiger partial charge in [0.15, 0.2) is 18.1 Å². The minimum Gasteiger partial charge on any atom is -0.493 e. The number of hydrogen-bond donors (Lipinski definition) is 0. The van der Waals surface area contributed by atoms with Crippen molar-refractivity contribution < 1.29 is 28.5 Å². The van der Waals surface area contributed by atoms with Crippen LogP contribution < -0.4 is 14.2 Å². The fourth-order valence-electron chi connectivity index (χ4n) is 3.31. The fourth-order valence-corrected chi connectivity index (χ4v) is 4.33. The molecule has 0 saturated carbocycles. The average Bonchev–Trinajstić information content (AvgIpc) is 3.25. The smallest absolute Gasteiger partial charge is 0.247 e. The van der Waals surface area contributed by atoms with Gasteiger partial charge in [0.1, 0.15) is 11.6 Å². The number of hydrazone groups is 1. The predicted octanol–water partition coefficient (Wildman–Crippen LogP) is 4.22. The number of methoxy groups -OCH3 is 3. The first-order chi connectivity index (χ1) is 16.2. The van der Waals surface area contributed by atoms with Crippen LogP contribution >= 0.6 is 31.9 Å². The third kappa shape index (κ3) is 5.11. The Hall–Kier alpha value is -2.88. The molecular weight excluding hydrogens is 576 g/mol. The van der Waals surface area contributed by atoms with E-state index in [9.17, 15) is 10.1 Å². The van der Waals surface area contributed by atoms with Gasteiger partial charge in [-0.3, -0.25) is 4.79 Å². The molecule has 180 valence electrons. The fraction of sp³-hybridized carbons (Fsp3) is 0.364. The summed E-state index contributed by atoms with van der Waals surface area (Å²) in [5, 5.41) is 15.1. The monoisotopic (exact) mass is 596 g/mol.